The first-order chi connectivity index (χ1) is 19.0. The lowest BCUT2D eigenvalue weighted by molar-refractivity contribution is 0.0691. The largest absolute Gasteiger partial charge is 0.476 e. The van der Waals surface area contributed by atoms with Crippen LogP contribution < -0.4 is 10.9 Å². The highest BCUT2D eigenvalue weighted by atomic mass is 35.5. The van der Waals surface area contributed by atoms with Crippen LogP contribution in [0.5, 0.6) is 0 Å². The molecule has 7 rings (SSSR count). The van der Waals surface area contributed by atoms with Gasteiger partial charge in [-0.2, -0.15) is 4.98 Å². The molecule has 4 aromatic heterocycles. The van der Waals surface area contributed by atoms with E-state index in [1.165, 1.54) is 0 Å². The highest BCUT2D eigenvalue weighted by molar-refractivity contribution is 6.29. The summed E-state index contributed by atoms with van der Waals surface area (Å²) in [6, 6.07) is 4.76. The van der Waals surface area contributed by atoms with Gasteiger partial charge in [0.1, 0.15) is 10.8 Å². The molecule has 0 radical (unpaired) electrons. The molecule has 208 valence electrons. The van der Waals surface area contributed by atoms with Crippen LogP contribution in [-0.2, 0) is 10.8 Å². The van der Waals surface area contributed by atoms with Crippen molar-refractivity contribution >= 4 is 28.9 Å². The molecule has 1 atom stereocenters. The first kappa shape index (κ1) is 26.4. The third kappa shape index (κ3) is 4.16. The van der Waals surface area contributed by atoms with Crippen molar-refractivity contribution in [2.24, 2.45) is 0 Å². The fourth-order valence-corrected chi connectivity index (χ4v) is 6.90. The number of carboxylic acids is 1. The Kier molecular flexibility index (Phi) is 6.21. The Labute approximate surface area is 235 Å². The summed E-state index contributed by atoms with van der Waals surface area (Å²) in [5.41, 5.74) is 3.64. The van der Waals surface area contributed by atoms with Crippen molar-refractivity contribution < 1.29 is 14.4 Å². The van der Waals surface area contributed by atoms with Gasteiger partial charge in [-0.05, 0) is 83.1 Å². The van der Waals surface area contributed by atoms with Gasteiger partial charge < -0.3 is 14.9 Å². The first-order valence-electron chi connectivity index (χ1n) is 13.5. The number of hydrogen-bond donors (Lipinski definition) is 2. The zero-order valence-electron chi connectivity index (χ0n) is 22.9. The molecule has 2 N–H and O–H groups in total. The number of anilines is 1. The van der Waals surface area contributed by atoms with Gasteiger partial charge in [0.2, 0.25) is 5.89 Å². The van der Waals surface area contributed by atoms with Crippen LogP contribution in [-0.4, -0.2) is 35.6 Å². The molecule has 0 amide bonds. The summed E-state index contributed by atoms with van der Waals surface area (Å²) >= 11 is 5.95. The summed E-state index contributed by atoms with van der Waals surface area (Å²) in [5, 5.41) is 17.3. The average molecular weight is 563 g/mol. The van der Waals surface area contributed by atoms with Gasteiger partial charge in [-0.3, -0.25) is 9.20 Å². The van der Waals surface area contributed by atoms with Crippen molar-refractivity contribution in [1.29, 1.82) is 0 Å². The number of nitrogens with zero attached hydrogens (tertiary/aromatic N) is 5. The molecular formula is C29H31ClN6O4. The lowest BCUT2D eigenvalue weighted by atomic mass is 9.52. The molecule has 0 unspecified atom stereocenters. The number of aromatic carboxylic acids is 1. The highest BCUT2D eigenvalue weighted by Crippen LogP contribution is 2.58. The highest BCUT2D eigenvalue weighted by Gasteiger charge is 2.53. The van der Waals surface area contributed by atoms with Gasteiger partial charge in [-0.1, -0.05) is 16.8 Å². The van der Waals surface area contributed by atoms with E-state index in [0.717, 1.165) is 61.2 Å². The van der Waals surface area contributed by atoms with Crippen LogP contribution in [0.25, 0.3) is 5.65 Å². The summed E-state index contributed by atoms with van der Waals surface area (Å²) in [6.45, 7) is 7.55. The van der Waals surface area contributed by atoms with E-state index in [4.69, 9.17) is 21.1 Å². The zero-order chi connectivity index (χ0) is 28.4. The third-order valence-electron chi connectivity index (χ3n) is 8.97. The fraction of sp³-hybridized carbons (Fsp3) is 0.448. The minimum absolute atomic E-state index is 0.0749. The second kappa shape index (κ2) is 9.40. The summed E-state index contributed by atoms with van der Waals surface area (Å²) in [7, 11) is 0. The number of aromatic nitrogens is 5. The molecule has 0 saturated heterocycles. The van der Waals surface area contributed by atoms with Gasteiger partial charge in [-0.25, -0.2) is 14.8 Å². The van der Waals surface area contributed by atoms with Crippen LogP contribution in [0.3, 0.4) is 0 Å². The van der Waals surface area contributed by atoms with E-state index < -0.39 is 5.97 Å². The van der Waals surface area contributed by atoms with Crippen LogP contribution in [0.15, 0.2) is 33.7 Å². The maximum absolute atomic E-state index is 13.8. The van der Waals surface area contributed by atoms with Gasteiger partial charge in [0.25, 0.3) is 5.56 Å². The topological polar surface area (TPSA) is 136 Å². The molecule has 0 aliphatic heterocycles. The van der Waals surface area contributed by atoms with Gasteiger partial charge in [0, 0.05) is 35.1 Å². The van der Waals surface area contributed by atoms with Crippen molar-refractivity contribution in [3.63, 3.8) is 0 Å². The van der Waals surface area contributed by atoms with Crippen LogP contribution in [0, 0.1) is 20.8 Å². The van der Waals surface area contributed by atoms with Gasteiger partial charge in [-0.15, -0.1) is 0 Å². The summed E-state index contributed by atoms with van der Waals surface area (Å²) in [6.07, 6.45) is 7.28. The number of carboxylic acid groups (broad SMARTS) is 1. The molecule has 4 aromatic rings. The maximum Gasteiger partial charge on any atom is 0.356 e. The van der Waals surface area contributed by atoms with E-state index in [1.54, 1.807) is 16.5 Å². The lowest BCUT2D eigenvalue weighted by Gasteiger charge is -2.52. The molecule has 0 spiro atoms. The van der Waals surface area contributed by atoms with Crippen LogP contribution >= 0.6 is 11.6 Å². The van der Waals surface area contributed by atoms with Crippen LogP contribution in [0.1, 0.15) is 96.1 Å². The predicted octanol–water partition coefficient (Wildman–Crippen LogP) is 5.47. The molecule has 3 aliphatic carbocycles. The Morgan fingerprint density at radius 1 is 1.07 bits per heavy atom. The van der Waals surface area contributed by atoms with Gasteiger partial charge in [0.15, 0.2) is 11.5 Å². The monoisotopic (exact) mass is 562 g/mol. The molecular weight excluding hydrogens is 532 g/mol. The second-order valence-electron chi connectivity index (χ2n) is 11.5. The van der Waals surface area contributed by atoms with Gasteiger partial charge >= 0.3 is 5.97 Å². The Morgan fingerprint density at radius 2 is 1.75 bits per heavy atom. The third-order valence-corrected chi connectivity index (χ3v) is 9.18. The van der Waals surface area contributed by atoms with Crippen molar-refractivity contribution in [2.45, 2.75) is 83.1 Å². The Morgan fingerprint density at radius 3 is 2.38 bits per heavy atom. The minimum Gasteiger partial charge on any atom is -0.476 e. The fourth-order valence-electron chi connectivity index (χ4n) is 6.75. The van der Waals surface area contributed by atoms with Gasteiger partial charge in [0.05, 0.1) is 17.4 Å². The minimum atomic E-state index is -1.18. The molecule has 11 heteroatoms. The Hall–Kier alpha value is -3.79. The molecule has 4 heterocycles. The quantitative estimate of drug-likeness (QED) is 0.293. The van der Waals surface area contributed by atoms with Crippen molar-refractivity contribution in [2.75, 3.05) is 5.32 Å². The lowest BCUT2D eigenvalue weighted by Crippen LogP contribution is -2.48. The normalized spacial score (nSPS) is 22.9. The number of halogens is 1. The number of rotatable bonds is 6. The van der Waals surface area contributed by atoms with E-state index in [-0.39, 0.29) is 33.3 Å². The molecule has 40 heavy (non-hydrogen) atoms. The average Bonchev–Trinajstić information content (AvgIpc) is 3.39. The van der Waals surface area contributed by atoms with Crippen LogP contribution in [0.4, 0.5) is 5.69 Å². The molecule has 10 nitrogen and oxygen atoms in total. The molecule has 0 aromatic carbocycles. The summed E-state index contributed by atoms with van der Waals surface area (Å²) in [5.74, 6) is 0.207. The molecule has 3 aliphatic rings. The number of nitrogens with one attached hydrogen (secondary N) is 1. The first-order valence-corrected chi connectivity index (χ1v) is 13.9. The zero-order valence-corrected chi connectivity index (χ0v) is 23.7. The van der Waals surface area contributed by atoms with Crippen molar-refractivity contribution in [3.05, 3.63) is 79.7 Å². The van der Waals surface area contributed by atoms with Crippen LogP contribution in [0.2, 0.25) is 5.15 Å². The number of carbonyl (C=O) groups is 1. The smallest absolute Gasteiger partial charge is 0.356 e. The van der Waals surface area contributed by atoms with E-state index in [0.29, 0.717) is 22.8 Å². The second-order valence-corrected chi connectivity index (χ2v) is 11.8. The summed E-state index contributed by atoms with van der Waals surface area (Å²) in [4.78, 5) is 39.4. The maximum atomic E-state index is 13.8. The molecule has 3 saturated carbocycles. The predicted molar refractivity (Wildman–Crippen MR) is 149 cm³/mol. The summed E-state index contributed by atoms with van der Waals surface area (Å²) < 4.78 is 6.92. The number of fused-ring (bicyclic) bond motifs is 4. The Bertz CT molecular complexity index is 1700. The molecule has 3 fully saturated rings. The van der Waals surface area contributed by atoms with Crippen molar-refractivity contribution in [3.8, 4) is 0 Å². The van der Waals surface area contributed by atoms with E-state index in [9.17, 15) is 14.7 Å². The van der Waals surface area contributed by atoms with E-state index >= 15 is 0 Å². The van der Waals surface area contributed by atoms with Crippen molar-refractivity contribution in [1.82, 2.24) is 24.5 Å². The standard InChI is InChI=1S/C29H31ClN6O4/c1-15-13-19(17(3)31-20-5-6-21(30)33-22(20)26(38)39)24-34-23(16(2)25(37)36(24)14-15)28-7-10-29(11-8-28,12-9-28)27-32-18(4)40-35-27/h5-6,13-14,17,31H,7-12H2,1-4H3,(H,38,39)/t17-,28?,29?/m1/s1. The molecule has 2 bridgehead atoms. The number of pyridine rings is 2. The Balaban J connectivity index is 1.41. The SMILES string of the molecule is Cc1cc([C@@H](C)Nc2ccc(Cl)nc2C(=O)O)c2nc(C34CCC(c5noc(C)n5)(CC3)CC4)c(C)c(=O)n2c1. The van der Waals surface area contributed by atoms with E-state index in [2.05, 4.69) is 20.4 Å². The number of hydrogen-bond acceptors (Lipinski definition) is 8. The number of aryl methyl sites for hydroxylation is 2. The van der Waals surface area contributed by atoms with E-state index in [1.807, 2.05) is 40.0 Å².